The highest BCUT2D eigenvalue weighted by molar-refractivity contribution is 14.1. The maximum Gasteiger partial charge on any atom is 0.328 e. The third-order valence-corrected chi connectivity index (χ3v) is 3.71. The topological polar surface area (TPSA) is 89.2 Å². The second-order valence-corrected chi connectivity index (χ2v) is 5.25. The van der Waals surface area contributed by atoms with Crippen LogP contribution >= 0.6 is 22.6 Å². The summed E-state index contributed by atoms with van der Waals surface area (Å²) in [4.78, 5) is 14.7. The number of hydrogen-bond acceptors (Lipinski definition) is 7. The molecule has 2 aromatic rings. The maximum atomic E-state index is 5.74. The summed E-state index contributed by atoms with van der Waals surface area (Å²) < 4.78 is 6.71. The van der Waals surface area contributed by atoms with Gasteiger partial charge in [0.25, 0.3) is 0 Å². The van der Waals surface area contributed by atoms with Gasteiger partial charge in [-0.05, 0) is 48.6 Å². The van der Waals surface area contributed by atoms with Crippen LogP contribution in [0.5, 0.6) is 11.8 Å². The molecule has 0 spiro atoms. The van der Waals surface area contributed by atoms with Crippen molar-refractivity contribution < 1.29 is 4.74 Å². The van der Waals surface area contributed by atoms with Crippen molar-refractivity contribution in [3.63, 3.8) is 0 Å². The molecule has 0 unspecified atom stereocenters. The standard InChI is InChI=1S/C13H17IN6O/c1-3-20(4-2)12-16-11(19-15)17-13(18-12)21-10-8-6-5-7-9(10)14/h5-8H,3-4,15H2,1-2H3,(H,16,17,18,19). The fourth-order valence-corrected chi connectivity index (χ4v) is 2.23. The van der Waals surface area contributed by atoms with Crippen LogP contribution in [0.15, 0.2) is 24.3 Å². The summed E-state index contributed by atoms with van der Waals surface area (Å²) in [5.41, 5.74) is 2.44. The first-order valence-corrected chi connectivity index (χ1v) is 7.65. The van der Waals surface area contributed by atoms with E-state index in [1.807, 2.05) is 43.0 Å². The Balaban J connectivity index is 2.35. The van der Waals surface area contributed by atoms with E-state index in [0.29, 0.717) is 11.7 Å². The van der Waals surface area contributed by atoms with Crippen molar-refractivity contribution >= 4 is 34.5 Å². The number of nitrogens with one attached hydrogen (secondary N) is 1. The number of nitrogens with two attached hydrogens (primary N) is 1. The number of aromatic nitrogens is 3. The minimum atomic E-state index is 0.212. The lowest BCUT2D eigenvalue weighted by Crippen LogP contribution is -2.25. The van der Waals surface area contributed by atoms with Gasteiger partial charge in [-0.1, -0.05) is 12.1 Å². The minimum Gasteiger partial charge on any atom is -0.423 e. The van der Waals surface area contributed by atoms with E-state index in [2.05, 4.69) is 43.0 Å². The van der Waals surface area contributed by atoms with Gasteiger partial charge in [-0.3, -0.25) is 5.43 Å². The van der Waals surface area contributed by atoms with E-state index in [0.717, 1.165) is 16.7 Å². The first kappa shape index (κ1) is 15.7. The molecule has 1 heterocycles. The van der Waals surface area contributed by atoms with Gasteiger partial charge >= 0.3 is 6.01 Å². The Labute approximate surface area is 137 Å². The predicted octanol–water partition coefficient (Wildman–Crippen LogP) is 2.40. The van der Waals surface area contributed by atoms with Crippen LogP contribution in [0, 0.1) is 3.57 Å². The van der Waals surface area contributed by atoms with Crippen LogP contribution < -0.4 is 20.9 Å². The highest BCUT2D eigenvalue weighted by atomic mass is 127. The van der Waals surface area contributed by atoms with Gasteiger partial charge in [0.15, 0.2) is 0 Å². The van der Waals surface area contributed by atoms with Gasteiger partial charge in [0.1, 0.15) is 5.75 Å². The molecule has 0 amide bonds. The van der Waals surface area contributed by atoms with E-state index in [1.54, 1.807) is 0 Å². The zero-order valence-electron chi connectivity index (χ0n) is 11.9. The predicted molar refractivity (Wildman–Crippen MR) is 90.4 cm³/mol. The zero-order valence-corrected chi connectivity index (χ0v) is 14.0. The second kappa shape index (κ2) is 7.36. The highest BCUT2D eigenvalue weighted by Gasteiger charge is 2.13. The number of anilines is 2. The van der Waals surface area contributed by atoms with E-state index >= 15 is 0 Å². The molecule has 0 aliphatic heterocycles. The molecule has 21 heavy (non-hydrogen) atoms. The van der Waals surface area contributed by atoms with Crippen LogP contribution in [0.3, 0.4) is 0 Å². The number of hydrogen-bond donors (Lipinski definition) is 2. The quantitative estimate of drug-likeness (QED) is 0.437. The van der Waals surface area contributed by atoms with Gasteiger partial charge < -0.3 is 9.64 Å². The Morgan fingerprint density at radius 3 is 2.52 bits per heavy atom. The molecule has 0 radical (unpaired) electrons. The molecule has 2 rings (SSSR count). The Bertz CT molecular complexity index is 605. The number of benzene rings is 1. The fraction of sp³-hybridized carbons (Fsp3) is 0.308. The summed E-state index contributed by atoms with van der Waals surface area (Å²) in [6.07, 6.45) is 0. The molecule has 0 saturated carbocycles. The molecular weight excluding hydrogens is 383 g/mol. The van der Waals surface area contributed by atoms with Crippen LogP contribution in [0.25, 0.3) is 0 Å². The first-order valence-electron chi connectivity index (χ1n) is 6.58. The van der Waals surface area contributed by atoms with Crippen LogP contribution in [0.1, 0.15) is 13.8 Å². The maximum absolute atomic E-state index is 5.74. The van der Waals surface area contributed by atoms with E-state index in [-0.39, 0.29) is 12.0 Å². The van der Waals surface area contributed by atoms with Crippen molar-refractivity contribution in [1.29, 1.82) is 0 Å². The highest BCUT2D eigenvalue weighted by Crippen LogP contribution is 2.25. The second-order valence-electron chi connectivity index (χ2n) is 4.09. The summed E-state index contributed by atoms with van der Waals surface area (Å²) >= 11 is 2.20. The summed E-state index contributed by atoms with van der Waals surface area (Å²) in [7, 11) is 0. The molecule has 0 saturated heterocycles. The SMILES string of the molecule is CCN(CC)c1nc(NN)nc(Oc2ccccc2I)n1. The van der Waals surface area contributed by atoms with Gasteiger partial charge in [0.05, 0.1) is 3.57 Å². The summed E-state index contributed by atoms with van der Waals surface area (Å²) in [6, 6.07) is 7.86. The van der Waals surface area contributed by atoms with Gasteiger partial charge in [-0.2, -0.15) is 15.0 Å². The lowest BCUT2D eigenvalue weighted by Gasteiger charge is -2.19. The fourth-order valence-electron chi connectivity index (χ4n) is 1.73. The first-order chi connectivity index (χ1) is 10.2. The van der Waals surface area contributed by atoms with Crippen molar-refractivity contribution in [1.82, 2.24) is 15.0 Å². The minimum absolute atomic E-state index is 0.212. The number of nitrogens with zero attached hydrogens (tertiary/aromatic N) is 4. The molecule has 1 aromatic carbocycles. The number of hydrazine groups is 1. The lowest BCUT2D eigenvalue weighted by atomic mass is 10.3. The molecule has 0 atom stereocenters. The van der Waals surface area contributed by atoms with Crippen LogP contribution in [0.2, 0.25) is 0 Å². The van der Waals surface area contributed by atoms with Crippen molar-refractivity contribution in [2.75, 3.05) is 23.4 Å². The largest absolute Gasteiger partial charge is 0.423 e. The summed E-state index contributed by atoms with van der Waals surface area (Å²) in [5, 5.41) is 0. The Morgan fingerprint density at radius 1 is 1.19 bits per heavy atom. The summed E-state index contributed by atoms with van der Waals surface area (Å²) in [5.74, 6) is 6.91. The van der Waals surface area contributed by atoms with Gasteiger partial charge in [0, 0.05) is 13.1 Å². The number of para-hydroxylation sites is 1. The van der Waals surface area contributed by atoms with Crippen molar-refractivity contribution in [3.05, 3.63) is 27.8 Å². The molecule has 0 aliphatic rings. The lowest BCUT2D eigenvalue weighted by molar-refractivity contribution is 0.437. The molecule has 7 nitrogen and oxygen atoms in total. The number of ether oxygens (including phenoxy) is 1. The van der Waals surface area contributed by atoms with Crippen LogP contribution in [-0.4, -0.2) is 28.0 Å². The van der Waals surface area contributed by atoms with Gasteiger partial charge in [-0.15, -0.1) is 0 Å². The van der Waals surface area contributed by atoms with Crippen LogP contribution in [0.4, 0.5) is 11.9 Å². The molecule has 0 fully saturated rings. The molecule has 1 aromatic heterocycles. The van der Waals surface area contributed by atoms with Crippen LogP contribution in [-0.2, 0) is 0 Å². The van der Waals surface area contributed by atoms with Gasteiger partial charge in [-0.25, -0.2) is 5.84 Å². The normalized spacial score (nSPS) is 10.3. The average molecular weight is 400 g/mol. The number of rotatable bonds is 6. The molecule has 8 heteroatoms. The molecule has 112 valence electrons. The Kier molecular flexibility index (Phi) is 5.51. The van der Waals surface area contributed by atoms with E-state index in [1.165, 1.54) is 0 Å². The van der Waals surface area contributed by atoms with Crippen molar-refractivity contribution in [3.8, 4) is 11.8 Å². The Morgan fingerprint density at radius 2 is 1.90 bits per heavy atom. The molecule has 0 bridgehead atoms. The molecule has 3 N–H and O–H groups in total. The van der Waals surface area contributed by atoms with E-state index in [4.69, 9.17) is 10.6 Å². The third kappa shape index (κ3) is 3.91. The summed E-state index contributed by atoms with van der Waals surface area (Å²) in [6.45, 7) is 5.63. The zero-order chi connectivity index (χ0) is 15.2. The average Bonchev–Trinajstić information content (AvgIpc) is 2.50. The van der Waals surface area contributed by atoms with Gasteiger partial charge in [0.2, 0.25) is 11.9 Å². The number of halogens is 1. The molecule has 0 aliphatic carbocycles. The van der Waals surface area contributed by atoms with Crippen molar-refractivity contribution in [2.24, 2.45) is 5.84 Å². The Hall–Kier alpha value is -1.68. The molecular formula is C13H17IN6O. The van der Waals surface area contributed by atoms with E-state index in [9.17, 15) is 0 Å². The third-order valence-electron chi connectivity index (χ3n) is 2.82. The van der Waals surface area contributed by atoms with Crippen molar-refractivity contribution in [2.45, 2.75) is 13.8 Å². The number of nitrogen functional groups attached to an aromatic ring is 1. The van der Waals surface area contributed by atoms with E-state index < -0.39 is 0 Å². The smallest absolute Gasteiger partial charge is 0.328 e. The monoisotopic (exact) mass is 400 g/mol.